The molecule has 0 spiro atoms. The van der Waals surface area contributed by atoms with Gasteiger partial charge in [0.05, 0.1) is 0 Å². The molecule has 0 bridgehead atoms. The van der Waals surface area contributed by atoms with Crippen molar-refractivity contribution in [2.75, 3.05) is 0 Å². The summed E-state index contributed by atoms with van der Waals surface area (Å²) in [5, 5.41) is 7.65. The van der Waals surface area contributed by atoms with Crippen molar-refractivity contribution >= 4 is 32.3 Å². The fraction of sp³-hybridized carbons (Fsp3) is 0.0870. The van der Waals surface area contributed by atoms with Crippen LogP contribution in [0.1, 0.15) is 32.4 Å². The van der Waals surface area contributed by atoms with E-state index < -0.39 is 0 Å². The molecule has 0 N–H and O–H groups in total. The molecule has 220 valence electrons. The fourth-order valence-electron chi connectivity index (χ4n) is 7.83. The lowest BCUT2D eigenvalue weighted by Crippen LogP contribution is -2.14. The maximum atomic E-state index is 2.42. The van der Waals surface area contributed by atoms with Crippen LogP contribution in [0.5, 0.6) is 0 Å². The Labute approximate surface area is 271 Å². The fourth-order valence-corrected chi connectivity index (χ4v) is 7.83. The quantitative estimate of drug-likeness (QED) is 0.180. The van der Waals surface area contributed by atoms with Gasteiger partial charge in [0.15, 0.2) is 0 Å². The van der Waals surface area contributed by atoms with E-state index in [0.29, 0.717) is 0 Å². The summed E-state index contributed by atoms with van der Waals surface area (Å²) in [4.78, 5) is 0. The first-order valence-corrected chi connectivity index (χ1v) is 15.9. The Morgan fingerprint density at radius 3 is 1.54 bits per heavy atom. The minimum Gasteiger partial charge on any atom is -0.0776 e. The highest BCUT2D eigenvalue weighted by molar-refractivity contribution is 6.21. The molecule has 46 heavy (non-hydrogen) atoms. The Morgan fingerprint density at radius 2 is 0.848 bits per heavy atom. The molecule has 0 saturated carbocycles. The SMILES string of the molecule is C.CC1(C)c2ccccc2-c2ccc(-c3cccc(-c4c5ccccc5c(-c5ccc6ccccc6c5)c5ccccc45)c3)cc21. The Morgan fingerprint density at radius 1 is 0.348 bits per heavy atom. The minimum absolute atomic E-state index is 0. The molecule has 0 saturated heterocycles. The summed E-state index contributed by atoms with van der Waals surface area (Å²) >= 11 is 0. The third-order valence-corrected chi connectivity index (χ3v) is 10.0. The summed E-state index contributed by atoms with van der Waals surface area (Å²) in [5.74, 6) is 0. The van der Waals surface area contributed by atoms with E-state index in [1.54, 1.807) is 0 Å². The van der Waals surface area contributed by atoms with Gasteiger partial charge in [0, 0.05) is 5.41 Å². The Kier molecular flexibility index (Phi) is 6.44. The molecule has 0 heteroatoms. The van der Waals surface area contributed by atoms with Gasteiger partial charge in [0.2, 0.25) is 0 Å². The number of hydrogen-bond donors (Lipinski definition) is 0. The molecule has 9 rings (SSSR count). The van der Waals surface area contributed by atoms with E-state index >= 15 is 0 Å². The second kappa shape index (κ2) is 10.6. The normalized spacial score (nSPS) is 13.0. The van der Waals surface area contributed by atoms with Gasteiger partial charge in [-0.05, 0) is 106 Å². The van der Waals surface area contributed by atoms with Crippen LogP contribution in [0.15, 0.2) is 158 Å². The van der Waals surface area contributed by atoms with Crippen LogP contribution in [0.3, 0.4) is 0 Å². The van der Waals surface area contributed by atoms with Crippen molar-refractivity contribution in [2.45, 2.75) is 26.7 Å². The van der Waals surface area contributed by atoms with Gasteiger partial charge in [0.1, 0.15) is 0 Å². The van der Waals surface area contributed by atoms with Crippen LogP contribution in [-0.2, 0) is 5.41 Å². The van der Waals surface area contributed by atoms with E-state index in [4.69, 9.17) is 0 Å². The Hall–Kier alpha value is -5.46. The van der Waals surface area contributed by atoms with Crippen LogP contribution in [0, 0.1) is 0 Å². The molecule has 1 aliphatic rings. The van der Waals surface area contributed by atoms with Crippen LogP contribution in [0.2, 0.25) is 0 Å². The lowest BCUT2D eigenvalue weighted by Gasteiger charge is -2.22. The second-order valence-corrected chi connectivity index (χ2v) is 12.9. The highest BCUT2D eigenvalue weighted by atomic mass is 14.4. The molecule has 0 nitrogen and oxygen atoms in total. The molecule has 0 unspecified atom stereocenters. The first kappa shape index (κ1) is 28.0. The molecular weight excluding hydrogens is 553 g/mol. The second-order valence-electron chi connectivity index (χ2n) is 12.9. The maximum absolute atomic E-state index is 2.42. The van der Waals surface area contributed by atoms with Crippen molar-refractivity contribution in [2.24, 2.45) is 0 Å². The smallest absolute Gasteiger partial charge is 0.0159 e. The molecule has 0 aliphatic heterocycles. The largest absolute Gasteiger partial charge is 0.0776 e. The number of fused-ring (bicyclic) bond motifs is 6. The zero-order valence-electron chi connectivity index (χ0n) is 25.5. The summed E-state index contributed by atoms with van der Waals surface area (Å²) in [6.45, 7) is 4.71. The van der Waals surface area contributed by atoms with Gasteiger partial charge in [-0.15, -0.1) is 0 Å². The average molecular weight is 589 g/mol. The van der Waals surface area contributed by atoms with Crippen molar-refractivity contribution in [1.29, 1.82) is 0 Å². The standard InChI is InChI=1S/C45H32.CH4/c1-45(2)41-21-10-9-16-35(41)36-25-24-32(28-42(36)45)31-14-11-15-33(27-31)43-37-17-5-7-19-39(37)44(40-20-8-6-18-38(40)43)34-23-22-29-12-3-4-13-30(29)26-34;/h3-28H,1-2H3;1H4. The third kappa shape index (κ3) is 4.14. The van der Waals surface area contributed by atoms with Crippen LogP contribution < -0.4 is 0 Å². The van der Waals surface area contributed by atoms with E-state index in [1.165, 1.54) is 88.0 Å². The summed E-state index contributed by atoms with van der Waals surface area (Å²) in [7, 11) is 0. The van der Waals surface area contributed by atoms with Crippen molar-refractivity contribution in [3.63, 3.8) is 0 Å². The summed E-state index contributed by atoms with van der Waals surface area (Å²) in [6, 6.07) is 58.4. The van der Waals surface area contributed by atoms with Crippen LogP contribution in [0.25, 0.3) is 76.8 Å². The monoisotopic (exact) mass is 588 g/mol. The summed E-state index contributed by atoms with van der Waals surface area (Å²) < 4.78 is 0. The topological polar surface area (TPSA) is 0 Å². The molecule has 8 aromatic carbocycles. The van der Waals surface area contributed by atoms with Crippen LogP contribution >= 0.6 is 0 Å². The lowest BCUT2D eigenvalue weighted by atomic mass is 9.81. The van der Waals surface area contributed by atoms with Crippen molar-refractivity contribution in [1.82, 2.24) is 0 Å². The molecule has 0 fully saturated rings. The van der Waals surface area contributed by atoms with E-state index in [1.807, 2.05) is 0 Å². The van der Waals surface area contributed by atoms with Gasteiger partial charge in [0.25, 0.3) is 0 Å². The van der Waals surface area contributed by atoms with Crippen molar-refractivity contribution < 1.29 is 0 Å². The first-order chi connectivity index (χ1) is 22.1. The lowest BCUT2D eigenvalue weighted by molar-refractivity contribution is 0.660. The predicted octanol–water partition coefficient (Wildman–Crippen LogP) is 13.1. The van der Waals surface area contributed by atoms with E-state index in [0.717, 1.165) is 0 Å². The number of rotatable bonds is 3. The van der Waals surface area contributed by atoms with E-state index in [-0.39, 0.29) is 12.8 Å². The predicted molar refractivity (Wildman–Crippen MR) is 200 cm³/mol. The van der Waals surface area contributed by atoms with Gasteiger partial charge in [-0.1, -0.05) is 161 Å². The number of benzene rings is 8. The van der Waals surface area contributed by atoms with Crippen molar-refractivity contribution in [3.05, 3.63) is 169 Å². The van der Waals surface area contributed by atoms with E-state index in [2.05, 4.69) is 172 Å². The average Bonchev–Trinajstić information content (AvgIpc) is 3.32. The maximum Gasteiger partial charge on any atom is 0.0159 e. The van der Waals surface area contributed by atoms with E-state index in [9.17, 15) is 0 Å². The Balaban J connectivity index is 0.00000312. The summed E-state index contributed by atoms with van der Waals surface area (Å²) in [5.41, 5.74) is 13.1. The molecular formula is C46H36. The highest BCUT2D eigenvalue weighted by Gasteiger charge is 2.35. The molecule has 0 amide bonds. The highest BCUT2D eigenvalue weighted by Crippen LogP contribution is 2.50. The van der Waals surface area contributed by atoms with Crippen molar-refractivity contribution in [3.8, 4) is 44.5 Å². The molecule has 1 aliphatic carbocycles. The van der Waals surface area contributed by atoms with Crippen LogP contribution in [-0.4, -0.2) is 0 Å². The first-order valence-electron chi connectivity index (χ1n) is 15.9. The van der Waals surface area contributed by atoms with Gasteiger partial charge in [-0.3, -0.25) is 0 Å². The Bertz CT molecular complexity index is 2400. The molecule has 0 aromatic heterocycles. The summed E-state index contributed by atoms with van der Waals surface area (Å²) in [6.07, 6.45) is 0. The molecule has 0 atom stereocenters. The van der Waals surface area contributed by atoms with Gasteiger partial charge < -0.3 is 0 Å². The zero-order chi connectivity index (χ0) is 30.1. The van der Waals surface area contributed by atoms with Crippen LogP contribution in [0.4, 0.5) is 0 Å². The zero-order valence-corrected chi connectivity index (χ0v) is 25.5. The third-order valence-electron chi connectivity index (χ3n) is 10.0. The van der Waals surface area contributed by atoms with Gasteiger partial charge >= 0.3 is 0 Å². The van der Waals surface area contributed by atoms with Gasteiger partial charge in [-0.25, -0.2) is 0 Å². The minimum atomic E-state index is -0.0233. The molecule has 0 radical (unpaired) electrons. The van der Waals surface area contributed by atoms with Gasteiger partial charge in [-0.2, -0.15) is 0 Å². The molecule has 8 aromatic rings. The molecule has 0 heterocycles. The number of hydrogen-bond acceptors (Lipinski definition) is 0.